The van der Waals surface area contributed by atoms with Crippen LogP contribution < -0.4 is 10.6 Å². The van der Waals surface area contributed by atoms with Crippen LogP contribution >= 0.6 is 23.4 Å². The Morgan fingerprint density at radius 2 is 1.64 bits per heavy atom. The Morgan fingerprint density at radius 3 is 2.30 bits per heavy atom. The van der Waals surface area contributed by atoms with Gasteiger partial charge in [0.2, 0.25) is 11.8 Å². The van der Waals surface area contributed by atoms with Gasteiger partial charge < -0.3 is 15.7 Å². The number of carboxylic acids is 1. The molecule has 6 nitrogen and oxygen atoms in total. The van der Waals surface area contributed by atoms with Crippen molar-refractivity contribution in [2.75, 3.05) is 10.6 Å². The number of amides is 2. The molecule has 3 aromatic carbocycles. The summed E-state index contributed by atoms with van der Waals surface area (Å²) in [5.41, 5.74) is 2.91. The lowest BCUT2D eigenvalue weighted by Gasteiger charge is -2.18. The first-order valence-electron chi connectivity index (χ1n) is 9.92. The molecule has 0 aromatic heterocycles. The van der Waals surface area contributed by atoms with Gasteiger partial charge in [0.1, 0.15) is 5.25 Å². The molecule has 0 heterocycles. The van der Waals surface area contributed by atoms with E-state index >= 15 is 0 Å². The number of halogens is 1. The minimum absolute atomic E-state index is 0.187. The van der Waals surface area contributed by atoms with Crippen LogP contribution in [0.1, 0.15) is 16.4 Å². The van der Waals surface area contributed by atoms with Gasteiger partial charge in [-0.1, -0.05) is 48.0 Å². The van der Waals surface area contributed by atoms with Crippen LogP contribution in [0.3, 0.4) is 0 Å². The first kappa shape index (κ1) is 24.1. The Kier molecular flexibility index (Phi) is 8.29. The van der Waals surface area contributed by atoms with Crippen LogP contribution in [0, 0.1) is 6.92 Å². The highest BCUT2D eigenvalue weighted by atomic mass is 35.5. The molecule has 8 heteroatoms. The molecule has 33 heavy (non-hydrogen) atoms. The Hall–Kier alpha value is -3.55. The summed E-state index contributed by atoms with van der Waals surface area (Å²) < 4.78 is 0. The number of carbonyl (C=O) groups is 3. The molecule has 0 aliphatic carbocycles. The van der Waals surface area contributed by atoms with Crippen LogP contribution in [-0.4, -0.2) is 22.9 Å². The van der Waals surface area contributed by atoms with Crippen molar-refractivity contribution < 1.29 is 19.5 Å². The molecule has 0 saturated carbocycles. The van der Waals surface area contributed by atoms with E-state index in [2.05, 4.69) is 10.6 Å². The zero-order valence-electron chi connectivity index (χ0n) is 17.6. The Balaban J connectivity index is 1.77. The summed E-state index contributed by atoms with van der Waals surface area (Å²) in [6.45, 7) is 1.90. The molecule has 3 rings (SSSR count). The summed E-state index contributed by atoms with van der Waals surface area (Å²) in [7, 11) is 0. The predicted octanol–water partition coefficient (Wildman–Crippen LogP) is 5.70. The number of hydrogen-bond acceptors (Lipinski definition) is 4. The minimum atomic E-state index is -1.20. The summed E-state index contributed by atoms with van der Waals surface area (Å²) >= 11 is 7.46. The van der Waals surface area contributed by atoms with E-state index in [0.717, 1.165) is 28.2 Å². The molecule has 0 bridgehead atoms. The second-order valence-corrected chi connectivity index (χ2v) is 8.66. The third-order valence-corrected chi connectivity index (χ3v) is 6.05. The number of aliphatic carboxylic acids is 1. The average molecular weight is 481 g/mol. The molecule has 168 valence electrons. The number of anilines is 2. The van der Waals surface area contributed by atoms with Crippen LogP contribution in [0.2, 0.25) is 5.02 Å². The molecule has 0 aliphatic heterocycles. The molecule has 3 aromatic rings. The lowest BCUT2D eigenvalue weighted by molar-refractivity contribution is -0.131. The van der Waals surface area contributed by atoms with Crippen molar-refractivity contribution in [3.63, 3.8) is 0 Å². The number of nitrogens with one attached hydrogen (secondary N) is 2. The molecule has 1 unspecified atom stereocenters. The molecule has 0 spiro atoms. The molecule has 0 fully saturated rings. The highest BCUT2D eigenvalue weighted by Crippen LogP contribution is 2.37. The van der Waals surface area contributed by atoms with Crippen LogP contribution in [0.4, 0.5) is 11.4 Å². The van der Waals surface area contributed by atoms with Gasteiger partial charge in [-0.3, -0.25) is 9.59 Å². The van der Waals surface area contributed by atoms with Crippen LogP contribution in [0.5, 0.6) is 0 Å². The second-order valence-electron chi connectivity index (χ2n) is 7.04. The summed E-state index contributed by atoms with van der Waals surface area (Å²) in [4.78, 5) is 36.3. The van der Waals surface area contributed by atoms with Gasteiger partial charge in [-0.15, -0.1) is 11.8 Å². The lowest BCUT2D eigenvalue weighted by atomic mass is 10.1. The molecule has 1 atom stereocenters. The smallest absolute Gasteiger partial charge is 0.328 e. The van der Waals surface area contributed by atoms with Gasteiger partial charge in [-0.25, -0.2) is 4.79 Å². The predicted molar refractivity (Wildman–Crippen MR) is 132 cm³/mol. The largest absolute Gasteiger partial charge is 0.478 e. The molecule has 0 aliphatic rings. The highest BCUT2D eigenvalue weighted by Gasteiger charge is 2.23. The monoisotopic (exact) mass is 480 g/mol. The maximum Gasteiger partial charge on any atom is 0.328 e. The fourth-order valence-electron chi connectivity index (χ4n) is 2.91. The number of carbonyl (C=O) groups excluding carboxylic acids is 2. The van der Waals surface area contributed by atoms with E-state index in [9.17, 15) is 14.4 Å². The average Bonchev–Trinajstić information content (AvgIpc) is 2.80. The number of thioether (sulfide) groups is 1. The van der Waals surface area contributed by atoms with Gasteiger partial charge >= 0.3 is 5.97 Å². The van der Waals surface area contributed by atoms with E-state index in [0.29, 0.717) is 16.4 Å². The van der Waals surface area contributed by atoms with Crippen molar-refractivity contribution in [2.24, 2.45) is 0 Å². The maximum absolute atomic E-state index is 13.2. The van der Waals surface area contributed by atoms with Crippen molar-refractivity contribution in [1.82, 2.24) is 0 Å². The van der Waals surface area contributed by atoms with Gasteiger partial charge in [0.05, 0.1) is 0 Å². The fraction of sp³-hybridized carbons (Fsp3) is 0.0800. The standard InChI is InChI=1S/C25H21ClN2O4S/c1-16-7-8-18(26)15-21(16)28-25(32)24(17-5-3-2-4-6-17)33-20-11-9-19(10-12-20)27-22(29)13-14-23(30)31/h2-15,24H,1H3,(H,27,29)(H,28,32)(H,30,31)/b14-13+. The van der Waals surface area contributed by atoms with Crippen molar-refractivity contribution in [3.8, 4) is 0 Å². The van der Waals surface area contributed by atoms with Gasteiger partial charge in [0, 0.05) is 33.4 Å². The Labute approximate surface area is 200 Å². The Bertz CT molecular complexity index is 1180. The molecule has 3 N–H and O–H groups in total. The van der Waals surface area contributed by atoms with Gasteiger partial charge in [0.15, 0.2) is 0 Å². The number of aryl methyl sites for hydroxylation is 1. The van der Waals surface area contributed by atoms with Crippen LogP contribution in [-0.2, 0) is 14.4 Å². The number of benzene rings is 3. The number of hydrogen-bond donors (Lipinski definition) is 3. The van der Waals surface area contributed by atoms with Crippen LogP contribution in [0.25, 0.3) is 0 Å². The fourth-order valence-corrected chi connectivity index (χ4v) is 4.11. The number of carboxylic acid groups (broad SMARTS) is 1. The van der Waals surface area contributed by atoms with Gasteiger partial charge in [-0.05, 0) is 54.4 Å². The SMILES string of the molecule is Cc1ccc(Cl)cc1NC(=O)C(Sc1ccc(NC(=O)/C=C/C(=O)O)cc1)c1ccccc1. The molecular weight excluding hydrogens is 460 g/mol. The van der Waals surface area contributed by atoms with Crippen molar-refractivity contribution >= 4 is 52.5 Å². The van der Waals surface area contributed by atoms with Gasteiger partial charge in [0.25, 0.3) is 0 Å². The van der Waals surface area contributed by atoms with E-state index in [4.69, 9.17) is 16.7 Å². The first-order valence-corrected chi connectivity index (χ1v) is 11.2. The molecule has 2 amide bonds. The molecule has 0 saturated heterocycles. The second kappa shape index (κ2) is 11.4. The topological polar surface area (TPSA) is 95.5 Å². The van der Waals surface area contributed by atoms with Crippen LogP contribution in [0.15, 0.2) is 89.8 Å². The lowest BCUT2D eigenvalue weighted by Crippen LogP contribution is -2.19. The Morgan fingerprint density at radius 1 is 0.939 bits per heavy atom. The highest BCUT2D eigenvalue weighted by molar-refractivity contribution is 8.00. The normalized spacial score (nSPS) is 11.7. The zero-order chi connectivity index (χ0) is 23.8. The third kappa shape index (κ3) is 7.24. The summed E-state index contributed by atoms with van der Waals surface area (Å²) in [5.74, 6) is -1.93. The van der Waals surface area contributed by atoms with E-state index < -0.39 is 17.1 Å². The van der Waals surface area contributed by atoms with E-state index in [1.165, 1.54) is 11.8 Å². The summed E-state index contributed by atoms with van der Waals surface area (Å²) in [6.07, 6.45) is 1.71. The first-order chi connectivity index (χ1) is 15.8. The molecular formula is C25H21ClN2O4S. The molecule has 0 radical (unpaired) electrons. The van der Waals surface area contributed by atoms with E-state index in [1.807, 2.05) is 43.3 Å². The van der Waals surface area contributed by atoms with Crippen molar-refractivity contribution in [2.45, 2.75) is 17.1 Å². The summed E-state index contributed by atoms with van der Waals surface area (Å²) in [5, 5.41) is 14.2. The van der Waals surface area contributed by atoms with Crippen molar-refractivity contribution in [1.29, 1.82) is 0 Å². The minimum Gasteiger partial charge on any atom is -0.478 e. The summed E-state index contributed by atoms with van der Waals surface area (Å²) in [6, 6.07) is 21.7. The van der Waals surface area contributed by atoms with E-state index in [1.54, 1.807) is 36.4 Å². The van der Waals surface area contributed by atoms with E-state index in [-0.39, 0.29) is 5.91 Å². The number of rotatable bonds is 8. The maximum atomic E-state index is 13.2. The zero-order valence-corrected chi connectivity index (χ0v) is 19.2. The van der Waals surface area contributed by atoms with Crippen molar-refractivity contribution in [3.05, 3.63) is 101 Å². The quantitative estimate of drug-likeness (QED) is 0.284. The third-order valence-electron chi connectivity index (χ3n) is 4.55. The van der Waals surface area contributed by atoms with Gasteiger partial charge in [-0.2, -0.15) is 0 Å².